The lowest BCUT2D eigenvalue weighted by atomic mass is 10.2. The predicted octanol–water partition coefficient (Wildman–Crippen LogP) is 1.33. The van der Waals surface area contributed by atoms with E-state index in [9.17, 15) is 0 Å². The Balaban J connectivity index is 2.90. The molecule has 0 aliphatic heterocycles. The van der Waals surface area contributed by atoms with E-state index in [1.54, 1.807) is 6.20 Å². The molecule has 1 rings (SSSR count). The van der Waals surface area contributed by atoms with Crippen LogP contribution in [0.2, 0.25) is 0 Å². The Kier molecular flexibility index (Phi) is 3.08. The molecule has 6 heteroatoms. The molecule has 0 saturated carbocycles. The molecule has 0 saturated heterocycles. The van der Waals surface area contributed by atoms with E-state index in [2.05, 4.69) is 21.7 Å². The smallest absolute Gasteiger partial charge is 0.0886 e. The molecule has 1 N–H and O–H groups in total. The summed E-state index contributed by atoms with van der Waals surface area (Å²) in [4.78, 5) is 2.62. The highest BCUT2D eigenvalue weighted by atomic mass is 16.3. The van der Waals surface area contributed by atoms with Gasteiger partial charge in [0, 0.05) is 22.9 Å². The first-order chi connectivity index (χ1) is 6.31. The number of aromatic nitrogens is 2. The minimum Gasteiger partial charge on any atom is -0.396 e. The summed E-state index contributed by atoms with van der Waals surface area (Å²) in [7, 11) is 0. The summed E-state index contributed by atoms with van der Waals surface area (Å²) in [6.07, 6.45) is 4.67. The number of hydrogen-bond donors (Lipinski definition) is 1. The van der Waals surface area contributed by atoms with E-state index in [1.165, 1.54) is 17.1 Å². The summed E-state index contributed by atoms with van der Waals surface area (Å²) in [5.41, 5.74) is 8.86. The van der Waals surface area contributed by atoms with Gasteiger partial charge in [0.25, 0.3) is 0 Å². The zero-order valence-electron chi connectivity index (χ0n) is 6.91. The van der Waals surface area contributed by atoms with Crippen LogP contribution in [0.25, 0.3) is 16.6 Å². The Morgan fingerprint density at radius 3 is 3.15 bits per heavy atom. The van der Waals surface area contributed by atoms with Gasteiger partial charge in [0.1, 0.15) is 0 Å². The van der Waals surface area contributed by atoms with Crippen LogP contribution in [0.15, 0.2) is 24.1 Å². The summed E-state index contributed by atoms with van der Waals surface area (Å²) in [6, 6.07) is -0.571. The Labute approximate surface area is 74.7 Å². The Hall–Kier alpha value is -1.78. The number of nitrogens with zero attached hydrogens (tertiary/aromatic N) is 5. The second-order valence-electron chi connectivity index (χ2n) is 2.34. The molecule has 68 valence electrons. The van der Waals surface area contributed by atoms with Crippen LogP contribution < -0.4 is 0 Å². The SMILES string of the molecule is C=Cn1cc(C(CO)N=[N+]=[N-])cn1. The third-order valence-corrected chi connectivity index (χ3v) is 1.56. The predicted molar refractivity (Wildman–Crippen MR) is 47.6 cm³/mol. The zero-order chi connectivity index (χ0) is 9.68. The van der Waals surface area contributed by atoms with Crippen LogP contribution in [-0.4, -0.2) is 21.5 Å². The second-order valence-corrected chi connectivity index (χ2v) is 2.34. The van der Waals surface area contributed by atoms with Gasteiger partial charge in [-0.15, -0.1) is 0 Å². The number of azide groups is 1. The van der Waals surface area contributed by atoms with Crippen molar-refractivity contribution in [1.82, 2.24) is 9.78 Å². The standard InChI is InChI=1S/C7H9N5O/c1-2-12-4-6(3-9-12)7(5-13)10-11-8/h2-4,7,13H,1,5H2. The summed E-state index contributed by atoms with van der Waals surface area (Å²) >= 11 is 0. The third kappa shape index (κ3) is 2.08. The van der Waals surface area contributed by atoms with E-state index < -0.39 is 6.04 Å². The largest absolute Gasteiger partial charge is 0.396 e. The van der Waals surface area contributed by atoms with Gasteiger partial charge in [0.15, 0.2) is 0 Å². The molecule has 0 bridgehead atoms. The van der Waals surface area contributed by atoms with Crippen molar-refractivity contribution < 1.29 is 5.11 Å². The lowest BCUT2D eigenvalue weighted by Crippen LogP contribution is -1.98. The lowest BCUT2D eigenvalue weighted by molar-refractivity contribution is 0.268. The van der Waals surface area contributed by atoms with Crippen molar-refractivity contribution in [2.75, 3.05) is 6.61 Å². The summed E-state index contributed by atoms with van der Waals surface area (Å²) in [6.45, 7) is 3.28. The maximum absolute atomic E-state index is 8.86. The molecule has 0 amide bonds. The second kappa shape index (κ2) is 4.30. The van der Waals surface area contributed by atoms with Crippen LogP contribution >= 0.6 is 0 Å². The van der Waals surface area contributed by atoms with E-state index in [0.717, 1.165) is 0 Å². The van der Waals surface area contributed by atoms with E-state index in [1.807, 2.05) is 0 Å². The highest BCUT2D eigenvalue weighted by Crippen LogP contribution is 2.15. The summed E-state index contributed by atoms with van der Waals surface area (Å²) < 4.78 is 1.48. The number of hydrogen-bond acceptors (Lipinski definition) is 3. The molecule has 1 unspecified atom stereocenters. The van der Waals surface area contributed by atoms with Gasteiger partial charge in [-0.05, 0) is 5.53 Å². The highest BCUT2D eigenvalue weighted by molar-refractivity contribution is 5.20. The van der Waals surface area contributed by atoms with Crippen molar-refractivity contribution in [3.05, 3.63) is 35.0 Å². The van der Waals surface area contributed by atoms with E-state index in [-0.39, 0.29) is 6.61 Å². The molecule has 13 heavy (non-hydrogen) atoms. The van der Waals surface area contributed by atoms with Crippen LogP contribution in [0.3, 0.4) is 0 Å². The van der Waals surface area contributed by atoms with Crippen LogP contribution in [0, 0.1) is 0 Å². The minimum atomic E-state index is -0.571. The molecule has 1 aromatic heterocycles. The molecule has 6 nitrogen and oxygen atoms in total. The fourth-order valence-electron chi connectivity index (χ4n) is 0.896. The third-order valence-electron chi connectivity index (χ3n) is 1.56. The number of rotatable bonds is 4. The first-order valence-corrected chi connectivity index (χ1v) is 3.63. The van der Waals surface area contributed by atoms with Crippen LogP contribution in [-0.2, 0) is 0 Å². The lowest BCUT2D eigenvalue weighted by Gasteiger charge is -2.01. The average molecular weight is 179 g/mol. The van der Waals surface area contributed by atoms with Crippen molar-refractivity contribution in [3.8, 4) is 0 Å². The number of aliphatic hydroxyl groups is 1. The van der Waals surface area contributed by atoms with Crippen molar-refractivity contribution >= 4 is 6.20 Å². The van der Waals surface area contributed by atoms with Gasteiger partial charge in [0.2, 0.25) is 0 Å². The number of aliphatic hydroxyl groups excluding tert-OH is 1. The molecule has 0 aromatic carbocycles. The topological polar surface area (TPSA) is 86.8 Å². The molecule has 0 aliphatic carbocycles. The highest BCUT2D eigenvalue weighted by Gasteiger charge is 2.09. The fourth-order valence-corrected chi connectivity index (χ4v) is 0.896. The van der Waals surface area contributed by atoms with Gasteiger partial charge >= 0.3 is 0 Å². The van der Waals surface area contributed by atoms with Gasteiger partial charge < -0.3 is 5.11 Å². The Bertz CT molecular complexity index is 338. The maximum atomic E-state index is 8.86. The minimum absolute atomic E-state index is 0.229. The normalized spacial score (nSPS) is 11.8. The zero-order valence-corrected chi connectivity index (χ0v) is 6.91. The van der Waals surface area contributed by atoms with Crippen molar-refractivity contribution in [3.63, 3.8) is 0 Å². The molecule has 0 aliphatic rings. The van der Waals surface area contributed by atoms with Gasteiger partial charge in [-0.3, -0.25) is 0 Å². The van der Waals surface area contributed by atoms with Crippen molar-refractivity contribution in [2.45, 2.75) is 6.04 Å². The monoisotopic (exact) mass is 179 g/mol. The first kappa shape index (κ1) is 9.31. The van der Waals surface area contributed by atoms with Crippen LogP contribution in [0.5, 0.6) is 0 Å². The summed E-state index contributed by atoms with van der Waals surface area (Å²) in [5, 5.41) is 16.2. The molecule has 0 fully saturated rings. The molecule has 0 spiro atoms. The molecule has 1 atom stereocenters. The molecular formula is C7H9N5O. The van der Waals surface area contributed by atoms with Gasteiger partial charge in [-0.25, -0.2) is 4.68 Å². The van der Waals surface area contributed by atoms with Gasteiger partial charge in [-0.1, -0.05) is 11.7 Å². The van der Waals surface area contributed by atoms with Crippen LogP contribution in [0.1, 0.15) is 11.6 Å². The van der Waals surface area contributed by atoms with E-state index >= 15 is 0 Å². The molecule has 1 aromatic rings. The Morgan fingerprint density at radius 1 is 1.92 bits per heavy atom. The fraction of sp³-hybridized carbons (Fsp3) is 0.286. The summed E-state index contributed by atoms with van der Waals surface area (Å²) in [5.74, 6) is 0. The van der Waals surface area contributed by atoms with Crippen molar-refractivity contribution in [2.24, 2.45) is 5.11 Å². The van der Waals surface area contributed by atoms with Crippen LogP contribution in [0.4, 0.5) is 0 Å². The molecule has 1 heterocycles. The van der Waals surface area contributed by atoms with Crippen molar-refractivity contribution in [1.29, 1.82) is 0 Å². The van der Waals surface area contributed by atoms with Gasteiger partial charge in [0.05, 0.1) is 18.8 Å². The first-order valence-electron chi connectivity index (χ1n) is 3.63. The van der Waals surface area contributed by atoms with Gasteiger partial charge in [-0.2, -0.15) is 5.10 Å². The average Bonchev–Trinajstić information content (AvgIpc) is 2.62. The Morgan fingerprint density at radius 2 is 2.69 bits per heavy atom. The quantitative estimate of drug-likeness (QED) is 0.429. The van der Waals surface area contributed by atoms with E-state index in [4.69, 9.17) is 10.6 Å². The molecular weight excluding hydrogens is 170 g/mol. The van der Waals surface area contributed by atoms with E-state index in [0.29, 0.717) is 5.56 Å². The molecule has 0 radical (unpaired) electrons. The maximum Gasteiger partial charge on any atom is 0.0886 e.